The fraction of sp³-hybridized carbons (Fsp3) is 0.275. The van der Waals surface area contributed by atoms with Crippen molar-refractivity contribution >= 4 is 46.4 Å². The number of thiazole rings is 1. The summed E-state index contributed by atoms with van der Waals surface area (Å²) >= 11 is 13.9. The van der Waals surface area contributed by atoms with Crippen molar-refractivity contribution < 1.29 is 22.8 Å². The third kappa shape index (κ3) is 7.90. The molecule has 0 aliphatic carbocycles. The van der Waals surface area contributed by atoms with Crippen molar-refractivity contribution in [2.75, 3.05) is 39.3 Å². The lowest BCUT2D eigenvalue weighted by Crippen LogP contribution is -2.50. The zero-order valence-electron chi connectivity index (χ0n) is 28.0. The number of carbonyl (C=O) groups is 2. The predicted molar refractivity (Wildman–Crippen MR) is 199 cm³/mol. The molecule has 2 aliphatic heterocycles. The highest BCUT2D eigenvalue weighted by atomic mass is 35.5. The molecule has 5 aromatic rings. The Morgan fingerprint density at radius 2 is 1.27 bits per heavy atom. The van der Waals surface area contributed by atoms with Crippen LogP contribution in [0.25, 0.3) is 11.1 Å². The van der Waals surface area contributed by atoms with Gasteiger partial charge in [-0.1, -0.05) is 77.8 Å². The summed E-state index contributed by atoms with van der Waals surface area (Å²) < 4.78 is 39.3. The fourth-order valence-corrected chi connectivity index (χ4v) is 8.30. The van der Waals surface area contributed by atoms with E-state index in [2.05, 4.69) is 4.90 Å². The molecule has 2 fully saturated rings. The van der Waals surface area contributed by atoms with Crippen molar-refractivity contribution in [2.24, 2.45) is 0 Å². The minimum Gasteiger partial charge on any atom is -0.339 e. The molecule has 2 aliphatic rings. The zero-order chi connectivity index (χ0) is 36.4. The first-order valence-electron chi connectivity index (χ1n) is 17.1. The van der Waals surface area contributed by atoms with Gasteiger partial charge in [0.15, 0.2) is 0 Å². The van der Waals surface area contributed by atoms with Gasteiger partial charge in [-0.15, -0.1) is 11.3 Å². The third-order valence-electron chi connectivity index (χ3n) is 9.89. The second-order valence-electron chi connectivity index (χ2n) is 13.1. The Labute approximate surface area is 314 Å². The van der Waals surface area contributed by atoms with E-state index in [9.17, 15) is 22.8 Å². The van der Waals surface area contributed by atoms with Crippen molar-refractivity contribution in [1.29, 1.82) is 0 Å². The van der Waals surface area contributed by atoms with Gasteiger partial charge < -0.3 is 9.80 Å². The summed E-state index contributed by atoms with van der Waals surface area (Å²) in [6.07, 6.45) is -3.03. The monoisotopic (exact) mass is 762 g/mol. The summed E-state index contributed by atoms with van der Waals surface area (Å²) in [7, 11) is 0. The van der Waals surface area contributed by atoms with E-state index in [1.165, 1.54) is 23.5 Å². The number of benzene rings is 4. The molecule has 2 amide bonds. The molecule has 2 saturated heterocycles. The lowest BCUT2D eigenvalue weighted by atomic mass is 9.94. The van der Waals surface area contributed by atoms with Crippen LogP contribution in [0.1, 0.15) is 67.3 Å². The average Bonchev–Trinajstić information content (AvgIpc) is 3.67. The summed E-state index contributed by atoms with van der Waals surface area (Å²) in [6.45, 7) is 3.53. The van der Waals surface area contributed by atoms with Gasteiger partial charge in [0, 0.05) is 66.2 Å². The van der Waals surface area contributed by atoms with E-state index in [0.717, 1.165) is 28.3 Å². The van der Waals surface area contributed by atoms with Gasteiger partial charge in [0.2, 0.25) is 0 Å². The summed E-state index contributed by atoms with van der Waals surface area (Å²) in [5.74, 6) is -0.112. The molecule has 0 N–H and O–H groups in total. The zero-order valence-corrected chi connectivity index (χ0v) is 30.4. The number of amides is 2. The highest BCUT2D eigenvalue weighted by Gasteiger charge is 2.33. The molecule has 52 heavy (non-hydrogen) atoms. The van der Waals surface area contributed by atoms with E-state index in [0.29, 0.717) is 84.5 Å². The number of carbonyl (C=O) groups excluding carboxylic acids is 2. The van der Waals surface area contributed by atoms with Gasteiger partial charge in [0.1, 0.15) is 5.69 Å². The van der Waals surface area contributed by atoms with Gasteiger partial charge in [-0.3, -0.25) is 14.5 Å². The molecule has 0 unspecified atom stereocenters. The van der Waals surface area contributed by atoms with E-state index in [1.807, 2.05) is 58.8 Å². The number of rotatable bonds is 7. The third-order valence-corrected chi connectivity index (χ3v) is 11.4. The standard InChI is InChI=1S/C40H35Cl2F3N4O2S/c41-31-13-7-27(8-14-31)36(28-9-15-32(42)16-10-28)47-21-23-49(24-22-47)39(51)35-25-52-37(46-35)29-17-19-48(20-18-29)38(50)34-4-2-1-3-33(34)26-5-11-30(12-6-26)40(43,44)45/h1-16,25,29,36H,17-24H2. The van der Waals surface area contributed by atoms with Gasteiger partial charge in [-0.25, -0.2) is 4.98 Å². The fourth-order valence-electron chi connectivity index (χ4n) is 7.08. The molecule has 0 atom stereocenters. The van der Waals surface area contributed by atoms with Crippen LogP contribution in [0.15, 0.2) is 102 Å². The Morgan fingerprint density at radius 3 is 1.85 bits per heavy atom. The number of nitrogens with zero attached hydrogens (tertiary/aromatic N) is 4. The first kappa shape index (κ1) is 36.2. The van der Waals surface area contributed by atoms with Gasteiger partial charge >= 0.3 is 6.18 Å². The Balaban J connectivity index is 0.962. The topological polar surface area (TPSA) is 56.8 Å². The van der Waals surface area contributed by atoms with Crippen LogP contribution in [0.4, 0.5) is 13.2 Å². The SMILES string of the molecule is O=C(c1csc(C2CCN(C(=O)c3ccccc3-c3ccc(C(F)(F)F)cc3)CC2)n1)N1CCN(C(c2ccc(Cl)cc2)c2ccc(Cl)cc2)CC1. The Hall–Kier alpha value is -4.22. The number of piperazine rings is 1. The minimum absolute atomic E-state index is 0.00583. The van der Waals surface area contributed by atoms with Gasteiger partial charge in [0.25, 0.3) is 11.8 Å². The molecular formula is C40H35Cl2F3N4O2S. The van der Waals surface area contributed by atoms with E-state index in [-0.39, 0.29) is 23.8 Å². The number of hydrogen-bond acceptors (Lipinski definition) is 5. The van der Waals surface area contributed by atoms with E-state index < -0.39 is 11.7 Å². The molecule has 268 valence electrons. The summed E-state index contributed by atoms with van der Waals surface area (Å²) in [5.41, 5.74) is 3.55. The Bertz CT molecular complexity index is 1980. The molecule has 12 heteroatoms. The van der Waals surface area contributed by atoms with Crippen LogP contribution in [0.5, 0.6) is 0 Å². The van der Waals surface area contributed by atoms with Crippen LogP contribution in [0.2, 0.25) is 10.0 Å². The van der Waals surface area contributed by atoms with Crippen LogP contribution >= 0.6 is 34.5 Å². The van der Waals surface area contributed by atoms with Crippen molar-refractivity contribution in [3.05, 3.63) is 145 Å². The van der Waals surface area contributed by atoms with Crippen LogP contribution in [0, 0.1) is 0 Å². The second-order valence-corrected chi connectivity index (χ2v) is 14.9. The van der Waals surface area contributed by atoms with Crippen molar-refractivity contribution in [2.45, 2.75) is 31.0 Å². The Morgan fingerprint density at radius 1 is 0.712 bits per heavy atom. The number of alkyl halides is 3. The number of piperidine rings is 1. The highest BCUT2D eigenvalue weighted by molar-refractivity contribution is 7.09. The minimum atomic E-state index is -4.43. The molecule has 0 radical (unpaired) electrons. The largest absolute Gasteiger partial charge is 0.416 e. The van der Waals surface area contributed by atoms with E-state index >= 15 is 0 Å². The molecule has 3 heterocycles. The second kappa shape index (κ2) is 15.4. The lowest BCUT2D eigenvalue weighted by molar-refractivity contribution is -0.137. The van der Waals surface area contributed by atoms with Crippen LogP contribution in [0.3, 0.4) is 0 Å². The lowest BCUT2D eigenvalue weighted by Gasteiger charge is -2.39. The van der Waals surface area contributed by atoms with E-state index in [1.54, 1.807) is 29.2 Å². The first-order chi connectivity index (χ1) is 25.0. The van der Waals surface area contributed by atoms with Crippen LogP contribution in [-0.2, 0) is 6.18 Å². The number of aromatic nitrogens is 1. The van der Waals surface area contributed by atoms with Crippen molar-refractivity contribution in [3.63, 3.8) is 0 Å². The molecule has 0 spiro atoms. The predicted octanol–water partition coefficient (Wildman–Crippen LogP) is 9.70. The van der Waals surface area contributed by atoms with E-state index in [4.69, 9.17) is 28.2 Å². The summed E-state index contributed by atoms with van der Waals surface area (Å²) in [6, 6.07) is 27.6. The van der Waals surface area contributed by atoms with Gasteiger partial charge in [-0.05, 0) is 77.6 Å². The maximum absolute atomic E-state index is 13.7. The van der Waals surface area contributed by atoms with Gasteiger partial charge in [0.05, 0.1) is 16.6 Å². The van der Waals surface area contributed by atoms with Crippen molar-refractivity contribution in [3.8, 4) is 11.1 Å². The molecule has 0 bridgehead atoms. The number of likely N-dealkylation sites (tertiary alicyclic amines) is 1. The average molecular weight is 764 g/mol. The molecular weight excluding hydrogens is 728 g/mol. The van der Waals surface area contributed by atoms with Crippen LogP contribution in [-0.4, -0.2) is 70.8 Å². The summed E-state index contributed by atoms with van der Waals surface area (Å²) in [4.78, 5) is 38.1. The first-order valence-corrected chi connectivity index (χ1v) is 18.7. The highest BCUT2D eigenvalue weighted by Crippen LogP contribution is 2.35. The number of halogens is 5. The maximum atomic E-state index is 13.7. The normalized spacial score (nSPS) is 16.0. The quantitative estimate of drug-likeness (QED) is 0.166. The summed E-state index contributed by atoms with van der Waals surface area (Å²) in [5, 5.41) is 4.09. The molecule has 6 nitrogen and oxygen atoms in total. The molecule has 1 aromatic heterocycles. The van der Waals surface area contributed by atoms with Crippen molar-refractivity contribution in [1.82, 2.24) is 19.7 Å². The Kier molecular flexibility index (Phi) is 10.7. The molecule has 4 aromatic carbocycles. The van der Waals surface area contributed by atoms with Crippen LogP contribution < -0.4 is 0 Å². The molecule has 7 rings (SSSR count). The molecule has 0 saturated carbocycles. The smallest absolute Gasteiger partial charge is 0.339 e. The van der Waals surface area contributed by atoms with Gasteiger partial charge in [-0.2, -0.15) is 13.2 Å². The number of hydrogen-bond donors (Lipinski definition) is 0. The maximum Gasteiger partial charge on any atom is 0.416 e.